The summed E-state index contributed by atoms with van der Waals surface area (Å²) in [4.78, 5) is 5.20. The van der Waals surface area contributed by atoms with Crippen molar-refractivity contribution in [2.45, 2.75) is 0 Å². The van der Waals surface area contributed by atoms with Crippen LogP contribution in [-0.2, 0) is 4.84 Å². The molecule has 2 nitrogen and oxygen atoms in total. The van der Waals surface area contributed by atoms with Crippen LogP contribution >= 0.6 is 11.3 Å². The topological polar surface area (TPSA) is 12.5 Å². The van der Waals surface area contributed by atoms with Crippen molar-refractivity contribution in [2.75, 3.05) is 5.06 Å². The lowest BCUT2D eigenvalue weighted by molar-refractivity contribution is 0.248. The Morgan fingerprint density at radius 1 is 1.36 bits per heavy atom. The first kappa shape index (κ1) is 6.49. The molecule has 2 rings (SSSR count). The van der Waals surface area contributed by atoms with Gasteiger partial charge in [0.2, 0.25) is 0 Å². The molecule has 2 heterocycles. The summed E-state index contributed by atoms with van der Waals surface area (Å²) in [5.74, 6) is 0. The maximum absolute atomic E-state index is 5.20. The third-order valence-corrected chi connectivity index (χ3v) is 2.16. The number of rotatable bonds is 1. The Bertz CT molecular complexity index is 276. The molecule has 0 saturated heterocycles. The third-order valence-electron chi connectivity index (χ3n) is 1.31. The highest BCUT2D eigenvalue weighted by Gasteiger charge is 2.03. The van der Waals surface area contributed by atoms with Crippen LogP contribution in [0, 0.1) is 0 Å². The van der Waals surface area contributed by atoms with Crippen LogP contribution in [0.5, 0.6) is 0 Å². The highest BCUT2D eigenvalue weighted by Crippen LogP contribution is 2.22. The third kappa shape index (κ3) is 1.28. The van der Waals surface area contributed by atoms with Gasteiger partial charge >= 0.3 is 0 Å². The van der Waals surface area contributed by atoms with Crippen LogP contribution in [0.4, 0.5) is 5.00 Å². The monoisotopic (exact) mass is 165 g/mol. The van der Waals surface area contributed by atoms with Crippen LogP contribution in [0.15, 0.2) is 42.1 Å². The summed E-state index contributed by atoms with van der Waals surface area (Å²) < 4.78 is 0. The van der Waals surface area contributed by atoms with Gasteiger partial charge in [-0.1, -0.05) is 0 Å². The highest BCUT2D eigenvalue weighted by atomic mass is 32.1. The van der Waals surface area contributed by atoms with E-state index in [1.54, 1.807) is 22.7 Å². The Hall–Kier alpha value is -1.22. The minimum Gasteiger partial charge on any atom is -0.382 e. The molecular formula is C8H7NOS. The zero-order chi connectivity index (χ0) is 7.52. The van der Waals surface area contributed by atoms with E-state index in [0.717, 1.165) is 5.00 Å². The van der Waals surface area contributed by atoms with Gasteiger partial charge < -0.3 is 4.84 Å². The van der Waals surface area contributed by atoms with Gasteiger partial charge in [0.15, 0.2) is 0 Å². The first-order chi connectivity index (χ1) is 5.47. The molecule has 11 heavy (non-hydrogen) atoms. The lowest BCUT2D eigenvalue weighted by Crippen LogP contribution is -2.12. The second kappa shape index (κ2) is 2.80. The molecule has 0 atom stereocenters. The van der Waals surface area contributed by atoms with Crippen molar-refractivity contribution < 1.29 is 4.84 Å². The molecular weight excluding hydrogens is 158 g/mol. The molecule has 1 aromatic heterocycles. The average Bonchev–Trinajstić information content (AvgIpc) is 2.58. The van der Waals surface area contributed by atoms with E-state index >= 15 is 0 Å². The summed E-state index contributed by atoms with van der Waals surface area (Å²) in [7, 11) is 0. The summed E-state index contributed by atoms with van der Waals surface area (Å²) in [5.41, 5.74) is 0. The maximum Gasteiger partial charge on any atom is 0.133 e. The first-order valence-electron chi connectivity index (χ1n) is 3.30. The molecule has 1 aliphatic rings. The Labute approximate surface area is 69.0 Å². The van der Waals surface area contributed by atoms with Gasteiger partial charge in [0.1, 0.15) is 11.3 Å². The highest BCUT2D eigenvalue weighted by molar-refractivity contribution is 7.14. The molecule has 0 unspecified atom stereocenters. The van der Waals surface area contributed by atoms with Gasteiger partial charge in [0.05, 0.1) is 0 Å². The molecule has 1 aromatic rings. The van der Waals surface area contributed by atoms with Gasteiger partial charge in [-0.2, -0.15) is 5.06 Å². The van der Waals surface area contributed by atoms with Crippen LogP contribution in [0.25, 0.3) is 0 Å². The van der Waals surface area contributed by atoms with Crippen molar-refractivity contribution in [3.63, 3.8) is 0 Å². The Morgan fingerprint density at radius 3 is 3.00 bits per heavy atom. The van der Waals surface area contributed by atoms with Crippen molar-refractivity contribution in [2.24, 2.45) is 0 Å². The molecule has 0 amide bonds. The Kier molecular flexibility index (Phi) is 1.65. The van der Waals surface area contributed by atoms with E-state index in [9.17, 15) is 0 Å². The summed E-state index contributed by atoms with van der Waals surface area (Å²) in [6, 6.07) is 4.00. The SMILES string of the molecule is C1=CON(c2cccs2)C=C1. The lowest BCUT2D eigenvalue weighted by atomic mass is 10.5. The normalized spacial score (nSPS) is 15.1. The summed E-state index contributed by atoms with van der Waals surface area (Å²) in [6.07, 6.45) is 7.32. The van der Waals surface area contributed by atoms with E-state index in [0.29, 0.717) is 0 Å². The van der Waals surface area contributed by atoms with Crippen molar-refractivity contribution in [3.8, 4) is 0 Å². The predicted molar refractivity (Wildman–Crippen MR) is 46.2 cm³/mol. The van der Waals surface area contributed by atoms with Gasteiger partial charge in [0.25, 0.3) is 0 Å². The second-order valence-corrected chi connectivity index (χ2v) is 2.98. The molecule has 0 fully saturated rings. The fourth-order valence-electron chi connectivity index (χ4n) is 0.830. The quantitative estimate of drug-likeness (QED) is 0.634. The predicted octanol–water partition coefficient (Wildman–Crippen LogP) is 2.53. The van der Waals surface area contributed by atoms with E-state index in [4.69, 9.17) is 4.84 Å². The fraction of sp³-hybridized carbons (Fsp3) is 0. The number of anilines is 1. The van der Waals surface area contributed by atoms with Crippen molar-refractivity contribution in [3.05, 3.63) is 42.1 Å². The smallest absolute Gasteiger partial charge is 0.133 e. The Balaban J connectivity index is 2.19. The molecule has 1 aliphatic heterocycles. The number of hydrogen-bond donors (Lipinski definition) is 0. The molecule has 0 spiro atoms. The largest absolute Gasteiger partial charge is 0.382 e. The summed E-state index contributed by atoms with van der Waals surface area (Å²) >= 11 is 1.65. The van der Waals surface area contributed by atoms with Gasteiger partial charge in [-0.15, -0.1) is 11.3 Å². The van der Waals surface area contributed by atoms with Crippen molar-refractivity contribution >= 4 is 16.3 Å². The summed E-state index contributed by atoms with van der Waals surface area (Å²) in [6.45, 7) is 0. The van der Waals surface area contributed by atoms with Crippen LogP contribution < -0.4 is 5.06 Å². The van der Waals surface area contributed by atoms with Crippen LogP contribution in [-0.4, -0.2) is 0 Å². The minimum atomic E-state index is 1.09. The van der Waals surface area contributed by atoms with E-state index in [1.807, 2.05) is 35.9 Å². The molecule has 0 aromatic carbocycles. The number of allylic oxidation sites excluding steroid dienone is 2. The Morgan fingerprint density at radius 2 is 2.36 bits per heavy atom. The van der Waals surface area contributed by atoms with Crippen LogP contribution in [0.1, 0.15) is 0 Å². The summed E-state index contributed by atoms with van der Waals surface area (Å²) in [5, 5.41) is 4.83. The molecule has 3 heteroatoms. The lowest BCUT2D eigenvalue weighted by Gasteiger charge is -2.17. The van der Waals surface area contributed by atoms with E-state index in [-0.39, 0.29) is 0 Å². The molecule has 56 valence electrons. The minimum absolute atomic E-state index is 1.09. The molecule has 0 radical (unpaired) electrons. The van der Waals surface area contributed by atoms with Gasteiger partial charge in [0, 0.05) is 6.20 Å². The number of hydroxylamine groups is 1. The fourth-order valence-corrected chi connectivity index (χ4v) is 1.49. The van der Waals surface area contributed by atoms with Gasteiger partial charge in [-0.25, -0.2) is 0 Å². The van der Waals surface area contributed by atoms with Crippen molar-refractivity contribution in [1.82, 2.24) is 0 Å². The molecule has 0 N–H and O–H groups in total. The zero-order valence-electron chi connectivity index (χ0n) is 5.81. The number of hydrogen-bond acceptors (Lipinski definition) is 3. The van der Waals surface area contributed by atoms with Crippen LogP contribution in [0.3, 0.4) is 0 Å². The van der Waals surface area contributed by atoms with Crippen LogP contribution in [0.2, 0.25) is 0 Å². The molecule has 0 bridgehead atoms. The molecule has 0 saturated carbocycles. The molecule has 0 aliphatic carbocycles. The van der Waals surface area contributed by atoms with E-state index < -0.39 is 0 Å². The van der Waals surface area contributed by atoms with Gasteiger partial charge in [-0.3, -0.25) is 0 Å². The average molecular weight is 165 g/mol. The number of thiophene rings is 1. The van der Waals surface area contributed by atoms with Crippen molar-refractivity contribution in [1.29, 1.82) is 0 Å². The van der Waals surface area contributed by atoms with Gasteiger partial charge in [-0.05, 0) is 29.7 Å². The number of nitrogens with zero attached hydrogens (tertiary/aromatic N) is 1. The van der Waals surface area contributed by atoms with E-state index in [2.05, 4.69) is 0 Å². The maximum atomic E-state index is 5.20. The first-order valence-corrected chi connectivity index (χ1v) is 4.17. The standard InChI is InChI=1S/C8H7NOS/c1-2-6-10-9(5-1)8-4-3-7-11-8/h1-7H. The zero-order valence-corrected chi connectivity index (χ0v) is 6.62. The second-order valence-electron chi connectivity index (χ2n) is 2.05. The van der Waals surface area contributed by atoms with E-state index in [1.165, 1.54) is 0 Å².